The highest BCUT2D eigenvalue weighted by Gasteiger charge is 2.11. The lowest BCUT2D eigenvalue weighted by atomic mass is 10.2. The predicted molar refractivity (Wildman–Crippen MR) is 135 cm³/mol. The Morgan fingerprint density at radius 1 is 0.971 bits per heavy atom. The Morgan fingerprint density at radius 3 is 2.59 bits per heavy atom. The third kappa shape index (κ3) is 4.47. The zero-order chi connectivity index (χ0) is 23.5. The van der Waals surface area contributed by atoms with Gasteiger partial charge in [0, 0.05) is 6.42 Å². The number of hydrogen-bond acceptors (Lipinski definition) is 6. The SMILES string of the molecule is COc1cc(/C=c2\sc3nc4ccccc4n3c2=O)ccc1OCCCOc1ccc(C)cc1. The lowest BCUT2D eigenvalue weighted by molar-refractivity contribution is 0.240. The topological polar surface area (TPSA) is 62.1 Å². The van der Waals surface area contributed by atoms with E-state index in [-0.39, 0.29) is 5.56 Å². The van der Waals surface area contributed by atoms with Crippen LogP contribution in [0.3, 0.4) is 0 Å². The van der Waals surface area contributed by atoms with Crippen molar-refractivity contribution < 1.29 is 14.2 Å². The van der Waals surface area contributed by atoms with Crippen LogP contribution in [-0.2, 0) is 0 Å². The van der Waals surface area contributed by atoms with E-state index in [2.05, 4.69) is 4.98 Å². The van der Waals surface area contributed by atoms with Crippen LogP contribution in [0.5, 0.6) is 17.2 Å². The molecule has 0 aliphatic rings. The van der Waals surface area contributed by atoms with Crippen molar-refractivity contribution in [2.24, 2.45) is 0 Å². The Labute approximate surface area is 200 Å². The molecule has 0 saturated heterocycles. The Kier molecular flexibility index (Phi) is 6.18. The van der Waals surface area contributed by atoms with Crippen LogP contribution in [0.15, 0.2) is 71.5 Å². The molecule has 5 rings (SSSR count). The molecule has 3 aromatic carbocycles. The van der Waals surface area contributed by atoms with E-state index in [4.69, 9.17) is 14.2 Å². The van der Waals surface area contributed by atoms with Crippen LogP contribution in [0, 0.1) is 6.92 Å². The summed E-state index contributed by atoms with van der Waals surface area (Å²) in [6, 6.07) is 21.3. The molecule has 0 saturated carbocycles. The van der Waals surface area contributed by atoms with Crippen LogP contribution < -0.4 is 24.3 Å². The fourth-order valence-corrected chi connectivity index (χ4v) is 4.71. The maximum Gasteiger partial charge on any atom is 0.274 e. The smallest absolute Gasteiger partial charge is 0.274 e. The van der Waals surface area contributed by atoms with Gasteiger partial charge in [-0.1, -0.05) is 47.2 Å². The molecule has 0 unspecified atom stereocenters. The van der Waals surface area contributed by atoms with Crippen LogP contribution in [0.2, 0.25) is 0 Å². The molecule has 0 aliphatic carbocycles. The summed E-state index contributed by atoms with van der Waals surface area (Å²) in [7, 11) is 1.61. The second-order valence-electron chi connectivity index (χ2n) is 7.91. The van der Waals surface area contributed by atoms with Gasteiger partial charge in [-0.3, -0.25) is 4.79 Å². The van der Waals surface area contributed by atoms with Gasteiger partial charge in [0.05, 0.1) is 35.9 Å². The van der Waals surface area contributed by atoms with Crippen molar-refractivity contribution in [2.75, 3.05) is 20.3 Å². The quantitative estimate of drug-likeness (QED) is 0.308. The zero-order valence-electron chi connectivity index (χ0n) is 19.0. The fourth-order valence-electron chi connectivity index (χ4n) is 3.72. The minimum atomic E-state index is -0.0680. The molecular formula is C27H24N2O4S. The van der Waals surface area contributed by atoms with Gasteiger partial charge in [0.1, 0.15) is 5.75 Å². The van der Waals surface area contributed by atoms with E-state index < -0.39 is 0 Å². The summed E-state index contributed by atoms with van der Waals surface area (Å²) in [5.74, 6) is 2.13. The monoisotopic (exact) mass is 472 g/mol. The molecule has 0 bridgehead atoms. The number of aromatic nitrogens is 2. The van der Waals surface area contributed by atoms with Gasteiger partial charge in [-0.15, -0.1) is 0 Å². The number of ether oxygens (including phenoxy) is 3. The molecule has 0 atom stereocenters. The molecular weight excluding hydrogens is 448 g/mol. The second-order valence-corrected chi connectivity index (χ2v) is 8.92. The molecule has 0 aliphatic heterocycles. The molecule has 0 spiro atoms. The van der Waals surface area contributed by atoms with Gasteiger partial charge < -0.3 is 14.2 Å². The normalized spacial score (nSPS) is 11.9. The summed E-state index contributed by atoms with van der Waals surface area (Å²) in [5, 5.41) is 0. The average Bonchev–Trinajstić information content (AvgIpc) is 3.36. The molecule has 0 fully saturated rings. The van der Waals surface area contributed by atoms with Gasteiger partial charge in [0.2, 0.25) is 0 Å². The fraction of sp³-hybridized carbons (Fsp3) is 0.185. The first-order valence-electron chi connectivity index (χ1n) is 11.0. The molecule has 0 amide bonds. The van der Waals surface area contributed by atoms with Crippen LogP contribution in [0.1, 0.15) is 17.5 Å². The first-order chi connectivity index (χ1) is 16.6. The van der Waals surface area contributed by atoms with Crippen LogP contribution >= 0.6 is 11.3 Å². The molecule has 2 heterocycles. The zero-order valence-corrected chi connectivity index (χ0v) is 19.8. The highest BCUT2D eigenvalue weighted by Crippen LogP contribution is 2.28. The highest BCUT2D eigenvalue weighted by atomic mass is 32.1. The Bertz CT molecular complexity index is 1550. The summed E-state index contributed by atoms with van der Waals surface area (Å²) in [5.41, 5.74) is 3.65. The van der Waals surface area contributed by atoms with Gasteiger partial charge in [-0.05, 0) is 55.0 Å². The van der Waals surface area contributed by atoms with Crippen molar-refractivity contribution in [1.29, 1.82) is 0 Å². The van der Waals surface area contributed by atoms with E-state index in [9.17, 15) is 4.79 Å². The molecule has 172 valence electrons. The van der Waals surface area contributed by atoms with Gasteiger partial charge in [0.15, 0.2) is 16.5 Å². The summed E-state index contributed by atoms with van der Waals surface area (Å²) >= 11 is 1.38. The Hall–Kier alpha value is -3.84. The highest BCUT2D eigenvalue weighted by molar-refractivity contribution is 7.15. The number of para-hydroxylation sites is 2. The van der Waals surface area contributed by atoms with Crippen molar-refractivity contribution in [3.05, 3.63) is 92.7 Å². The maximum absolute atomic E-state index is 13.0. The molecule has 7 heteroatoms. The first kappa shape index (κ1) is 22.0. The molecule has 6 nitrogen and oxygen atoms in total. The number of thiazole rings is 1. The molecule has 0 N–H and O–H groups in total. The standard InChI is InChI=1S/C27H24N2O4S/c1-18-8-11-20(12-9-18)32-14-5-15-33-23-13-10-19(16-24(23)31-2)17-25-26(30)29-22-7-4-3-6-21(22)28-27(29)34-25/h3-4,6-13,16-17H,5,14-15H2,1-2H3/b25-17-. The number of hydrogen-bond donors (Lipinski definition) is 0. The number of benzene rings is 3. The van der Waals surface area contributed by atoms with E-state index in [0.29, 0.717) is 34.2 Å². The minimum absolute atomic E-state index is 0.0680. The van der Waals surface area contributed by atoms with E-state index in [0.717, 1.165) is 28.8 Å². The number of aryl methyl sites for hydroxylation is 1. The molecule has 0 radical (unpaired) electrons. The van der Waals surface area contributed by atoms with Crippen molar-refractivity contribution >= 4 is 33.4 Å². The number of rotatable bonds is 8. The van der Waals surface area contributed by atoms with Crippen molar-refractivity contribution in [3.8, 4) is 17.2 Å². The van der Waals surface area contributed by atoms with Gasteiger partial charge in [0.25, 0.3) is 5.56 Å². The Balaban J connectivity index is 1.28. The van der Waals surface area contributed by atoms with Crippen LogP contribution in [0.25, 0.3) is 22.1 Å². The summed E-state index contributed by atoms with van der Waals surface area (Å²) in [6.07, 6.45) is 2.60. The Morgan fingerprint density at radius 2 is 1.76 bits per heavy atom. The van der Waals surface area contributed by atoms with Gasteiger partial charge >= 0.3 is 0 Å². The number of nitrogens with zero attached hydrogens (tertiary/aromatic N) is 2. The third-order valence-electron chi connectivity index (χ3n) is 5.47. The molecule has 5 aromatic rings. The van der Waals surface area contributed by atoms with Crippen LogP contribution in [-0.4, -0.2) is 29.7 Å². The largest absolute Gasteiger partial charge is 0.493 e. The minimum Gasteiger partial charge on any atom is -0.493 e. The lowest BCUT2D eigenvalue weighted by Crippen LogP contribution is -2.22. The number of fused-ring (bicyclic) bond motifs is 3. The van der Waals surface area contributed by atoms with Crippen molar-refractivity contribution in [2.45, 2.75) is 13.3 Å². The van der Waals surface area contributed by atoms with Crippen LogP contribution in [0.4, 0.5) is 0 Å². The van der Waals surface area contributed by atoms with Gasteiger partial charge in [-0.2, -0.15) is 0 Å². The molecule has 34 heavy (non-hydrogen) atoms. The summed E-state index contributed by atoms with van der Waals surface area (Å²) < 4.78 is 19.5. The number of methoxy groups -OCH3 is 1. The molecule has 2 aromatic heterocycles. The lowest BCUT2D eigenvalue weighted by Gasteiger charge is -2.12. The van der Waals surface area contributed by atoms with Crippen molar-refractivity contribution in [1.82, 2.24) is 9.38 Å². The second kappa shape index (κ2) is 9.57. The van der Waals surface area contributed by atoms with E-state index in [1.54, 1.807) is 11.5 Å². The van der Waals surface area contributed by atoms with E-state index >= 15 is 0 Å². The third-order valence-corrected chi connectivity index (χ3v) is 6.44. The summed E-state index contributed by atoms with van der Waals surface area (Å²) in [6.45, 7) is 3.12. The van der Waals surface area contributed by atoms with E-state index in [1.807, 2.05) is 79.7 Å². The number of imidazole rings is 1. The predicted octanol–water partition coefficient (Wildman–Crippen LogP) is 4.62. The van der Waals surface area contributed by atoms with Gasteiger partial charge in [-0.25, -0.2) is 9.38 Å². The summed E-state index contributed by atoms with van der Waals surface area (Å²) in [4.78, 5) is 18.2. The van der Waals surface area contributed by atoms with Crippen molar-refractivity contribution in [3.63, 3.8) is 0 Å². The first-order valence-corrected chi connectivity index (χ1v) is 11.9. The van der Waals surface area contributed by atoms with E-state index in [1.165, 1.54) is 16.9 Å². The average molecular weight is 473 g/mol. The maximum atomic E-state index is 13.0.